The van der Waals surface area contributed by atoms with E-state index in [2.05, 4.69) is 19.6 Å². The monoisotopic (exact) mass is 360 g/mol. The molecular formula is C18H24N4O2S. The molecule has 1 fully saturated rings. The Morgan fingerprint density at radius 2 is 1.80 bits per heavy atom. The van der Waals surface area contributed by atoms with Crippen LogP contribution in [0.25, 0.3) is 0 Å². The smallest absolute Gasteiger partial charge is 0.241 e. The molecule has 0 amide bonds. The lowest BCUT2D eigenvalue weighted by Gasteiger charge is -2.17. The Balaban J connectivity index is 1.79. The first-order valence-corrected chi connectivity index (χ1v) is 10.00. The Labute approximate surface area is 149 Å². The number of aryl methyl sites for hydroxylation is 3. The van der Waals surface area contributed by atoms with Crippen molar-refractivity contribution in [2.24, 2.45) is 0 Å². The zero-order valence-corrected chi connectivity index (χ0v) is 15.7. The summed E-state index contributed by atoms with van der Waals surface area (Å²) in [7, 11) is -3.58. The molecule has 1 N–H and O–H groups in total. The van der Waals surface area contributed by atoms with Crippen LogP contribution in [0.15, 0.2) is 29.2 Å². The van der Waals surface area contributed by atoms with Crippen molar-refractivity contribution in [2.75, 3.05) is 18.0 Å². The molecule has 25 heavy (non-hydrogen) atoms. The molecule has 6 nitrogen and oxygen atoms in total. The third-order valence-corrected chi connectivity index (χ3v) is 5.90. The van der Waals surface area contributed by atoms with Gasteiger partial charge < -0.3 is 4.90 Å². The maximum atomic E-state index is 12.6. The van der Waals surface area contributed by atoms with Crippen LogP contribution in [0.3, 0.4) is 0 Å². The molecule has 3 rings (SSSR count). The lowest BCUT2D eigenvalue weighted by Crippen LogP contribution is -2.26. The average molecular weight is 360 g/mol. The highest BCUT2D eigenvalue weighted by Crippen LogP contribution is 2.19. The van der Waals surface area contributed by atoms with Gasteiger partial charge in [0.1, 0.15) is 0 Å². The van der Waals surface area contributed by atoms with Crippen molar-refractivity contribution in [1.82, 2.24) is 14.7 Å². The van der Waals surface area contributed by atoms with E-state index >= 15 is 0 Å². The van der Waals surface area contributed by atoms with Crippen molar-refractivity contribution >= 4 is 16.0 Å². The molecular weight excluding hydrogens is 336 g/mol. The number of nitrogens with zero attached hydrogens (tertiary/aromatic N) is 3. The normalized spacial score (nSPS) is 14.9. The molecule has 0 unspecified atom stereocenters. The summed E-state index contributed by atoms with van der Waals surface area (Å²) in [4.78, 5) is 11.5. The van der Waals surface area contributed by atoms with Gasteiger partial charge >= 0.3 is 0 Å². The first-order chi connectivity index (χ1) is 11.8. The predicted octanol–water partition coefficient (Wildman–Crippen LogP) is 2.48. The molecule has 7 heteroatoms. The molecule has 1 saturated heterocycles. The minimum Gasteiger partial charge on any atom is -0.341 e. The second kappa shape index (κ2) is 7.09. The third-order valence-electron chi connectivity index (χ3n) is 4.36. The highest BCUT2D eigenvalue weighted by atomic mass is 32.2. The summed E-state index contributed by atoms with van der Waals surface area (Å²) in [6.07, 6.45) is 2.29. The van der Waals surface area contributed by atoms with E-state index < -0.39 is 10.0 Å². The van der Waals surface area contributed by atoms with E-state index in [1.54, 1.807) is 13.0 Å². The van der Waals surface area contributed by atoms with E-state index in [9.17, 15) is 8.42 Å². The molecule has 0 saturated carbocycles. The van der Waals surface area contributed by atoms with Crippen LogP contribution in [0, 0.1) is 20.8 Å². The van der Waals surface area contributed by atoms with E-state index in [1.807, 2.05) is 32.0 Å². The minimum atomic E-state index is -3.58. The van der Waals surface area contributed by atoms with Crippen molar-refractivity contribution in [3.8, 4) is 0 Å². The largest absolute Gasteiger partial charge is 0.341 e. The lowest BCUT2D eigenvalue weighted by molar-refractivity contribution is 0.579. The van der Waals surface area contributed by atoms with Gasteiger partial charge in [-0.15, -0.1) is 0 Å². The van der Waals surface area contributed by atoms with E-state index in [-0.39, 0.29) is 6.54 Å². The zero-order valence-electron chi connectivity index (χ0n) is 14.9. The van der Waals surface area contributed by atoms with E-state index in [0.717, 1.165) is 42.8 Å². The van der Waals surface area contributed by atoms with Crippen LogP contribution in [0.4, 0.5) is 5.95 Å². The Morgan fingerprint density at radius 3 is 2.52 bits per heavy atom. The van der Waals surface area contributed by atoms with Crippen LogP contribution in [-0.2, 0) is 16.6 Å². The molecule has 1 aromatic carbocycles. The third kappa shape index (κ3) is 4.16. The van der Waals surface area contributed by atoms with Crippen LogP contribution in [0.2, 0.25) is 0 Å². The van der Waals surface area contributed by atoms with Gasteiger partial charge in [-0.2, -0.15) is 0 Å². The zero-order chi connectivity index (χ0) is 18.0. The maximum absolute atomic E-state index is 12.6. The van der Waals surface area contributed by atoms with Crippen molar-refractivity contribution < 1.29 is 8.42 Å². The number of hydrogen-bond acceptors (Lipinski definition) is 5. The van der Waals surface area contributed by atoms with E-state index in [0.29, 0.717) is 16.5 Å². The van der Waals surface area contributed by atoms with Gasteiger partial charge in [0.2, 0.25) is 16.0 Å². The number of anilines is 1. The summed E-state index contributed by atoms with van der Waals surface area (Å²) < 4.78 is 27.9. The quantitative estimate of drug-likeness (QED) is 0.887. The second-order valence-electron chi connectivity index (χ2n) is 6.59. The second-order valence-corrected chi connectivity index (χ2v) is 8.32. The summed E-state index contributed by atoms with van der Waals surface area (Å²) >= 11 is 0. The van der Waals surface area contributed by atoms with Crippen molar-refractivity contribution in [1.29, 1.82) is 0 Å². The lowest BCUT2D eigenvalue weighted by atomic mass is 10.2. The van der Waals surface area contributed by atoms with Crippen molar-refractivity contribution in [3.05, 3.63) is 46.8 Å². The molecule has 1 aliphatic heterocycles. The van der Waals surface area contributed by atoms with Crippen LogP contribution in [0.5, 0.6) is 0 Å². The standard InChI is InChI=1S/C18H24N4O2S/c1-13-6-7-14(2)17(10-13)25(23,24)19-12-16-11-15(3)20-18(21-16)22-8-4-5-9-22/h6-7,10-11,19H,4-5,8-9,12H2,1-3H3. The number of aromatic nitrogens is 2. The van der Waals surface area contributed by atoms with Gasteiger partial charge in [0.15, 0.2) is 0 Å². The van der Waals surface area contributed by atoms with Gasteiger partial charge in [-0.3, -0.25) is 0 Å². The fraction of sp³-hybridized carbons (Fsp3) is 0.444. The number of benzene rings is 1. The molecule has 2 aromatic rings. The van der Waals surface area contributed by atoms with Gasteiger partial charge in [-0.05, 0) is 56.9 Å². The number of sulfonamides is 1. The highest BCUT2D eigenvalue weighted by molar-refractivity contribution is 7.89. The first-order valence-electron chi connectivity index (χ1n) is 8.51. The molecule has 1 aromatic heterocycles. The fourth-order valence-corrected chi connectivity index (χ4v) is 4.34. The molecule has 0 bridgehead atoms. The first kappa shape index (κ1) is 17.8. The van der Waals surface area contributed by atoms with E-state index in [4.69, 9.17) is 0 Å². The summed E-state index contributed by atoms with van der Waals surface area (Å²) in [6.45, 7) is 7.65. The predicted molar refractivity (Wildman–Crippen MR) is 98.2 cm³/mol. The fourth-order valence-electron chi connectivity index (χ4n) is 3.01. The molecule has 0 atom stereocenters. The van der Waals surface area contributed by atoms with Gasteiger partial charge in [0, 0.05) is 18.8 Å². The summed E-state index contributed by atoms with van der Waals surface area (Å²) in [5.41, 5.74) is 3.18. The van der Waals surface area contributed by atoms with Gasteiger partial charge in [0.05, 0.1) is 17.1 Å². The summed E-state index contributed by atoms with van der Waals surface area (Å²) in [5.74, 6) is 0.693. The van der Waals surface area contributed by atoms with Gasteiger partial charge in [0.25, 0.3) is 0 Å². The van der Waals surface area contributed by atoms with Crippen LogP contribution in [0.1, 0.15) is 35.4 Å². The Bertz CT molecular complexity index is 875. The number of rotatable bonds is 5. The molecule has 0 spiro atoms. The van der Waals surface area contributed by atoms with Crippen molar-refractivity contribution in [3.63, 3.8) is 0 Å². The topological polar surface area (TPSA) is 75.2 Å². The molecule has 0 aliphatic carbocycles. The molecule has 1 aliphatic rings. The minimum absolute atomic E-state index is 0.153. The van der Waals surface area contributed by atoms with Gasteiger partial charge in [-0.25, -0.2) is 23.1 Å². The van der Waals surface area contributed by atoms with E-state index in [1.165, 1.54) is 0 Å². The van der Waals surface area contributed by atoms with Gasteiger partial charge in [-0.1, -0.05) is 12.1 Å². The van der Waals surface area contributed by atoms with Crippen LogP contribution < -0.4 is 9.62 Å². The molecule has 134 valence electrons. The summed E-state index contributed by atoms with van der Waals surface area (Å²) in [6, 6.07) is 7.25. The Kier molecular flexibility index (Phi) is 5.06. The Hall–Kier alpha value is -1.99. The average Bonchev–Trinajstić information content (AvgIpc) is 3.09. The van der Waals surface area contributed by atoms with Crippen molar-refractivity contribution in [2.45, 2.75) is 45.1 Å². The molecule has 2 heterocycles. The highest BCUT2D eigenvalue weighted by Gasteiger charge is 2.19. The number of nitrogens with one attached hydrogen (secondary N) is 1. The van der Waals surface area contributed by atoms with Crippen LogP contribution in [-0.4, -0.2) is 31.5 Å². The summed E-state index contributed by atoms with van der Waals surface area (Å²) in [5, 5.41) is 0. The number of hydrogen-bond donors (Lipinski definition) is 1. The van der Waals surface area contributed by atoms with Crippen LogP contribution >= 0.6 is 0 Å². The molecule has 0 radical (unpaired) electrons. The Morgan fingerprint density at radius 1 is 1.08 bits per heavy atom. The SMILES string of the molecule is Cc1ccc(C)c(S(=O)(=O)NCc2cc(C)nc(N3CCCC3)n2)c1. The maximum Gasteiger partial charge on any atom is 0.241 e.